The Morgan fingerprint density at radius 3 is 1.64 bits per heavy atom. The zero-order valence-electron chi connectivity index (χ0n) is 21.4. The highest BCUT2D eigenvalue weighted by Gasteiger charge is 2.28. The first-order valence-electron chi connectivity index (χ1n) is 12.2. The van der Waals surface area contributed by atoms with Gasteiger partial charge in [0.2, 0.25) is 0 Å². The van der Waals surface area contributed by atoms with Gasteiger partial charge in [0.25, 0.3) is 0 Å². The molecule has 0 spiro atoms. The van der Waals surface area contributed by atoms with Gasteiger partial charge < -0.3 is 0 Å². The van der Waals surface area contributed by atoms with Crippen LogP contribution in [0.1, 0.15) is 107 Å². The fourth-order valence-corrected chi connectivity index (χ4v) is 4.06. The first-order chi connectivity index (χ1) is 15.7. The molecule has 1 aliphatic carbocycles. The van der Waals surface area contributed by atoms with Crippen molar-refractivity contribution < 1.29 is 9.59 Å². The van der Waals surface area contributed by atoms with E-state index in [1.807, 2.05) is 12.1 Å². The van der Waals surface area contributed by atoms with Gasteiger partial charge in [0.1, 0.15) is 0 Å². The second-order valence-electron chi connectivity index (χ2n) is 9.56. The number of hydrogen-bond acceptors (Lipinski definition) is 2. The molecule has 0 saturated heterocycles. The number of allylic oxidation sites excluding steroid dienone is 10. The van der Waals surface area contributed by atoms with E-state index >= 15 is 0 Å². The smallest absolute Gasteiger partial charge is 0.190 e. The summed E-state index contributed by atoms with van der Waals surface area (Å²) >= 11 is 0. The molecule has 176 valence electrons. The van der Waals surface area contributed by atoms with E-state index in [1.54, 1.807) is 19.1 Å². The summed E-state index contributed by atoms with van der Waals surface area (Å²) in [6.07, 6.45) is 16.1. The Morgan fingerprint density at radius 2 is 1.12 bits per heavy atom. The Labute approximate surface area is 200 Å². The maximum absolute atomic E-state index is 12.9. The van der Waals surface area contributed by atoms with Crippen LogP contribution < -0.4 is 0 Å². The van der Waals surface area contributed by atoms with Gasteiger partial charge in [-0.25, -0.2) is 0 Å². The second kappa shape index (κ2) is 13.1. The average Bonchev–Trinajstić information content (AvgIpc) is 2.77. The molecule has 0 atom stereocenters. The van der Waals surface area contributed by atoms with Gasteiger partial charge in [0, 0.05) is 22.3 Å². The van der Waals surface area contributed by atoms with Gasteiger partial charge in [-0.15, -0.1) is 0 Å². The lowest BCUT2D eigenvalue weighted by Gasteiger charge is -2.18. The Hall–Kier alpha value is -2.74. The molecule has 1 aliphatic rings. The molecule has 0 fully saturated rings. The predicted octanol–water partition coefficient (Wildman–Crippen LogP) is 8.92. The molecule has 2 heteroatoms. The highest BCUT2D eigenvalue weighted by molar-refractivity contribution is 6.26. The van der Waals surface area contributed by atoms with Crippen LogP contribution in [0.3, 0.4) is 0 Å². The summed E-state index contributed by atoms with van der Waals surface area (Å²) < 4.78 is 0. The maximum Gasteiger partial charge on any atom is 0.190 e. The van der Waals surface area contributed by atoms with Crippen molar-refractivity contribution in [1.29, 1.82) is 0 Å². The van der Waals surface area contributed by atoms with E-state index in [9.17, 15) is 9.59 Å². The van der Waals surface area contributed by atoms with Gasteiger partial charge in [0.05, 0.1) is 0 Å². The van der Waals surface area contributed by atoms with Crippen LogP contribution in [-0.2, 0) is 0 Å². The molecule has 0 N–H and O–H groups in total. The van der Waals surface area contributed by atoms with Gasteiger partial charge in [0.15, 0.2) is 11.6 Å². The first-order valence-corrected chi connectivity index (χ1v) is 12.2. The van der Waals surface area contributed by atoms with Crippen molar-refractivity contribution in [2.24, 2.45) is 0 Å². The first kappa shape index (κ1) is 26.5. The van der Waals surface area contributed by atoms with Crippen LogP contribution in [0.25, 0.3) is 0 Å². The number of carbonyl (C=O) groups excluding carboxylic acids is 2. The third-order valence-electron chi connectivity index (χ3n) is 6.29. The van der Waals surface area contributed by atoms with Crippen molar-refractivity contribution in [3.05, 3.63) is 93.1 Å². The van der Waals surface area contributed by atoms with Gasteiger partial charge in [-0.3, -0.25) is 9.59 Å². The highest BCUT2D eigenvalue weighted by atomic mass is 16.1. The minimum Gasteiger partial charge on any atom is -0.289 e. The largest absolute Gasteiger partial charge is 0.289 e. The normalized spacial score (nSPS) is 15.2. The van der Waals surface area contributed by atoms with Gasteiger partial charge in [-0.05, 0) is 86.5 Å². The zero-order valence-corrected chi connectivity index (χ0v) is 21.4. The standard InChI is InChI=1S/C31H40O2/c1-22(2)12-9-13-23(3)14-10-15-24(4)16-11-17-25(5)20-21-27-26(6)30(32)28-18-7-8-19-29(28)31(27)33/h7-8,12,14,16,18-20H,9-11,13,15,17,21H2,1-6H3/b23-14-,24-16-,25-20+. The number of fused-ring (bicyclic) bond motifs is 1. The van der Waals surface area contributed by atoms with Crippen LogP contribution >= 0.6 is 0 Å². The summed E-state index contributed by atoms with van der Waals surface area (Å²) in [5.41, 5.74) is 7.84. The van der Waals surface area contributed by atoms with E-state index in [-0.39, 0.29) is 11.6 Å². The fraction of sp³-hybridized carbons (Fsp3) is 0.419. The number of ketones is 2. The Bertz CT molecular complexity index is 1020. The molecule has 0 aromatic heterocycles. The molecular weight excluding hydrogens is 404 g/mol. The van der Waals surface area contributed by atoms with Crippen LogP contribution in [-0.4, -0.2) is 11.6 Å². The number of hydrogen-bond donors (Lipinski definition) is 0. The molecule has 0 unspecified atom stereocenters. The third-order valence-corrected chi connectivity index (χ3v) is 6.29. The van der Waals surface area contributed by atoms with Gasteiger partial charge in [-0.2, -0.15) is 0 Å². The fourth-order valence-electron chi connectivity index (χ4n) is 4.06. The predicted molar refractivity (Wildman–Crippen MR) is 141 cm³/mol. The number of Topliss-reactive ketones (excluding diaryl/α,β-unsaturated/α-hetero) is 2. The summed E-state index contributed by atoms with van der Waals surface area (Å²) in [4.78, 5) is 25.5. The summed E-state index contributed by atoms with van der Waals surface area (Å²) in [5.74, 6) is -0.0299. The molecule has 0 amide bonds. The molecule has 1 aromatic carbocycles. The molecule has 0 heterocycles. The molecule has 33 heavy (non-hydrogen) atoms. The van der Waals surface area contributed by atoms with Crippen LogP contribution in [0.2, 0.25) is 0 Å². The molecule has 0 aliphatic heterocycles. The SMILES string of the molecule is CC(C)=CCC/C(C)=C\CC/C(C)=C\CC/C(C)=C/CC1=C(C)C(=O)c2ccccc2C1=O. The zero-order chi connectivity index (χ0) is 24.4. The van der Waals surface area contributed by atoms with Gasteiger partial charge in [-0.1, -0.05) is 70.9 Å². The minimum atomic E-state index is -0.0222. The minimum absolute atomic E-state index is 0.00770. The molecule has 0 radical (unpaired) electrons. The molecule has 2 nitrogen and oxygen atoms in total. The number of rotatable bonds is 11. The monoisotopic (exact) mass is 444 g/mol. The second-order valence-corrected chi connectivity index (χ2v) is 9.56. The summed E-state index contributed by atoms with van der Waals surface area (Å²) in [5, 5.41) is 0. The number of carbonyl (C=O) groups is 2. The lowest BCUT2D eigenvalue weighted by molar-refractivity contribution is 0.0973. The van der Waals surface area contributed by atoms with E-state index in [0.717, 1.165) is 38.5 Å². The van der Waals surface area contributed by atoms with Crippen molar-refractivity contribution in [3.8, 4) is 0 Å². The number of benzene rings is 1. The van der Waals surface area contributed by atoms with E-state index in [0.29, 0.717) is 28.7 Å². The Morgan fingerprint density at radius 1 is 0.667 bits per heavy atom. The quantitative estimate of drug-likeness (QED) is 0.319. The van der Waals surface area contributed by atoms with Crippen molar-refractivity contribution in [1.82, 2.24) is 0 Å². The lowest BCUT2D eigenvalue weighted by atomic mass is 9.83. The molecule has 1 aromatic rings. The molecular formula is C31H40O2. The highest BCUT2D eigenvalue weighted by Crippen LogP contribution is 2.28. The van der Waals surface area contributed by atoms with Gasteiger partial charge >= 0.3 is 0 Å². The third kappa shape index (κ3) is 8.28. The van der Waals surface area contributed by atoms with Crippen molar-refractivity contribution in [2.45, 2.75) is 86.5 Å². The summed E-state index contributed by atoms with van der Waals surface area (Å²) in [6.45, 7) is 12.6. The van der Waals surface area contributed by atoms with E-state index in [4.69, 9.17) is 0 Å². The van der Waals surface area contributed by atoms with Crippen molar-refractivity contribution in [2.75, 3.05) is 0 Å². The maximum atomic E-state index is 12.9. The van der Waals surface area contributed by atoms with Crippen molar-refractivity contribution in [3.63, 3.8) is 0 Å². The van der Waals surface area contributed by atoms with Crippen LogP contribution in [0.5, 0.6) is 0 Å². The van der Waals surface area contributed by atoms with E-state index in [2.05, 4.69) is 58.9 Å². The lowest BCUT2D eigenvalue weighted by Crippen LogP contribution is -2.20. The molecule has 2 rings (SSSR count). The Kier molecular flexibility index (Phi) is 10.5. The average molecular weight is 445 g/mol. The van der Waals surface area contributed by atoms with Crippen LogP contribution in [0, 0.1) is 0 Å². The summed E-state index contributed by atoms with van der Waals surface area (Å²) in [7, 11) is 0. The van der Waals surface area contributed by atoms with E-state index < -0.39 is 0 Å². The summed E-state index contributed by atoms with van der Waals surface area (Å²) in [6, 6.07) is 7.13. The van der Waals surface area contributed by atoms with Crippen molar-refractivity contribution >= 4 is 11.6 Å². The molecule has 0 saturated carbocycles. The molecule has 0 bridgehead atoms. The van der Waals surface area contributed by atoms with Crippen LogP contribution in [0.4, 0.5) is 0 Å². The van der Waals surface area contributed by atoms with Crippen LogP contribution in [0.15, 0.2) is 82.0 Å². The topological polar surface area (TPSA) is 34.1 Å². The Balaban J connectivity index is 1.83. The van der Waals surface area contributed by atoms with E-state index in [1.165, 1.54) is 22.3 Å².